The molecule has 0 saturated carbocycles. The van der Waals surface area contributed by atoms with Gasteiger partial charge in [0.1, 0.15) is 12.1 Å². The van der Waals surface area contributed by atoms with Gasteiger partial charge in [-0.3, -0.25) is 4.79 Å². The van der Waals surface area contributed by atoms with E-state index in [4.69, 9.17) is 9.16 Å². The second-order valence-corrected chi connectivity index (χ2v) is 12.1. The number of nitrogens with one attached hydrogen (secondary N) is 1. The third-order valence-electron chi connectivity index (χ3n) is 4.51. The van der Waals surface area contributed by atoms with Gasteiger partial charge in [0.05, 0.1) is 0 Å². The quantitative estimate of drug-likeness (QED) is 0.698. The molecule has 1 aliphatic rings. The smallest absolute Gasteiger partial charge is 0.326 e. The fraction of sp³-hybridized carbons (Fsp3) is 0.867. The number of carbonyl (C=O) groups is 2. The highest BCUT2D eigenvalue weighted by Crippen LogP contribution is 2.36. The molecule has 1 heterocycles. The predicted molar refractivity (Wildman–Crippen MR) is 86.3 cm³/mol. The molecule has 0 aromatic carbocycles. The summed E-state index contributed by atoms with van der Waals surface area (Å²) in [6.45, 7) is 11.5. The third kappa shape index (κ3) is 5.37. The van der Waals surface area contributed by atoms with Gasteiger partial charge in [0.25, 0.3) is 0 Å². The van der Waals surface area contributed by atoms with Crippen LogP contribution >= 0.6 is 0 Å². The zero-order chi connectivity index (χ0) is 17.0. The fourth-order valence-electron chi connectivity index (χ4n) is 1.95. The zero-order valence-corrected chi connectivity index (χ0v) is 15.3. The van der Waals surface area contributed by atoms with Gasteiger partial charge in [0.2, 0.25) is 5.91 Å². The number of amides is 1. The largest absolute Gasteiger partial charge is 0.480 e. The molecule has 1 aliphatic heterocycles. The fourth-order valence-corrected chi connectivity index (χ4v) is 3.02. The first-order valence-electron chi connectivity index (χ1n) is 7.83. The van der Waals surface area contributed by atoms with Gasteiger partial charge in [-0.05, 0) is 31.0 Å². The summed E-state index contributed by atoms with van der Waals surface area (Å²) in [5, 5.41) is 11.9. The summed E-state index contributed by atoms with van der Waals surface area (Å²) in [5.74, 6) is -1.37. The molecule has 0 aromatic heterocycles. The van der Waals surface area contributed by atoms with Crippen molar-refractivity contribution >= 4 is 20.2 Å². The molecule has 2 atom stereocenters. The standard InChI is InChI=1S/C15H29NO5Si/c1-15(2,3)22(4,5)21-10-8-11(14(18)19)16-13(17)12-7-6-9-20-12/h11-12H,6-10H2,1-5H3,(H,16,17)(H,18,19)/t11-,12-/m0/s1. The molecule has 1 amide bonds. The summed E-state index contributed by atoms with van der Waals surface area (Å²) in [5.41, 5.74) is 0. The van der Waals surface area contributed by atoms with E-state index in [1.54, 1.807) is 0 Å². The van der Waals surface area contributed by atoms with Gasteiger partial charge in [-0.25, -0.2) is 4.79 Å². The molecule has 0 aromatic rings. The lowest BCUT2D eigenvalue weighted by Crippen LogP contribution is -2.47. The summed E-state index contributed by atoms with van der Waals surface area (Å²) in [6, 6.07) is -0.929. The van der Waals surface area contributed by atoms with Crippen LogP contribution in [0, 0.1) is 0 Å². The average Bonchev–Trinajstić information content (AvgIpc) is 2.89. The Morgan fingerprint density at radius 2 is 2.05 bits per heavy atom. The Hall–Kier alpha value is -0.923. The first kappa shape index (κ1) is 19.1. The number of hydrogen-bond donors (Lipinski definition) is 2. The second kappa shape index (κ2) is 7.57. The SMILES string of the molecule is CC(C)(C)[Si](C)(C)OCC[C@H](NC(=O)[C@@H]1CCCO1)C(=O)O. The van der Waals surface area contributed by atoms with Gasteiger partial charge >= 0.3 is 5.97 Å². The first-order chi connectivity index (χ1) is 10.0. The highest BCUT2D eigenvalue weighted by molar-refractivity contribution is 6.74. The molecule has 7 heteroatoms. The third-order valence-corrected chi connectivity index (χ3v) is 9.05. The Labute approximate surface area is 133 Å². The average molecular weight is 331 g/mol. The van der Waals surface area contributed by atoms with Gasteiger partial charge in [-0.15, -0.1) is 0 Å². The monoisotopic (exact) mass is 331 g/mol. The highest BCUT2D eigenvalue weighted by Gasteiger charge is 2.37. The van der Waals surface area contributed by atoms with Crippen LogP contribution in [0.1, 0.15) is 40.0 Å². The Morgan fingerprint density at radius 1 is 1.41 bits per heavy atom. The van der Waals surface area contributed by atoms with Crippen LogP contribution in [-0.2, 0) is 18.8 Å². The Bertz CT molecular complexity index is 399. The minimum atomic E-state index is -1.90. The van der Waals surface area contributed by atoms with Gasteiger partial charge in [-0.1, -0.05) is 20.8 Å². The van der Waals surface area contributed by atoms with Crippen molar-refractivity contribution in [1.29, 1.82) is 0 Å². The van der Waals surface area contributed by atoms with Gasteiger partial charge in [-0.2, -0.15) is 0 Å². The lowest BCUT2D eigenvalue weighted by Gasteiger charge is -2.36. The number of carbonyl (C=O) groups excluding carboxylic acids is 1. The molecule has 1 fully saturated rings. The van der Waals surface area contributed by atoms with Crippen LogP contribution < -0.4 is 5.32 Å². The van der Waals surface area contributed by atoms with Crippen LogP contribution in [0.4, 0.5) is 0 Å². The highest BCUT2D eigenvalue weighted by atomic mass is 28.4. The molecule has 1 rings (SSSR count). The molecule has 22 heavy (non-hydrogen) atoms. The van der Waals surface area contributed by atoms with Crippen molar-refractivity contribution in [3.8, 4) is 0 Å². The van der Waals surface area contributed by atoms with Gasteiger partial charge < -0.3 is 19.6 Å². The predicted octanol–water partition coefficient (Wildman–Crippen LogP) is 2.15. The molecular weight excluding hydrogens is 302 g/mol. The molecule has 6 nitrogen and oxygen atoms in total. The van der Waals surface area contributed by atoms with Gasteiger partial charge in [0, 0.05) is 19.6 Å². The molecule has 0 radical (unpaired) electrons. The molecule has 0 aliphatic carbocycles. The van der Waals surface area contributed by atoms with Crippen molar-refractivity contribution in [1.82, 2.24) is 5.32 Å². The molecule has 128 valence electrons. The van der Waals surface area contributed by atoms with Crippen LogP contribution in [0.5, 0.6) is 0 Å². The van der Waals surface area contributed by atoms with E-state index in [0.29, 0.717) is 19.6 Å². The number of aliphatic carboxylic acids is 1. The van der Waals surface area contributed by atoms with E-state index in [-0.39, 0.29) is 17.4 Å². The summed E-state index contributed by atoms with van der Waals surface area (Å²) in [6.07, 6.45) is 1.24. The number of ether oxygens (including phenoxy) is 1. The number of carboxylic acids is 1. The van der Waals surface area contributed by atoms with Crippen LogP contribution in [0.15, 0.2) is 0 Å². The van der Waals surface area contributed by atoms with Crippen LogP contribution in [0.3, 0.4) is 0 Å². The zero-order valence-electron chi connectivity index (χ0n) is 14.3. The van der Waals surface area contributed by atoms with Crippen LogP contribution in [0.25, 0.3) is 0 Å². The Morgan fingerprint density at radius 3 is 2.50 bits per heavy atom. The van der Waals surface area contributed by atoms with E-state index in [9.17, 15) is 14.7 Å². The van der Waals surface area contributed by atoms with Crippen molar-refractivity contribution in [3.63, 3.8) is 0 Å². The van der Waals surface area contributed by atoms with Crippen molar-refractivity contribution in [2.24, 2.45) is 0 Å². The number of carboxylic acid groups (broad SMARTS) is 1. The maximum Gasteiger partial charge on any atom is 0.326 e. The van der Waals surface area contributed by atoms with E-state index in [1.165, 1.54) is 0 Å². The van der Waals surface area contributed by atoms with E-state index in [1.807, 2.05) is 0 Å². The minimum absolute atomic E-state index is 0.0760. The molecule has 1 saturated heterocycles. The maximum absolute atomic E-state index is 11.9. The number of rotatable bonds is 7. The van der Waals surface area contributed by atoms with Crippen molar-refractivity contribution in [3.05, 3.63) is 0 Å². The molecule has 2 N–H and O–H groups in total. The topological polar surface area (TPSA) is 84.9 Å². The van der Waals surface area contributed by atoms with Crippen molar-refractivity contribution in [2.75, 3.05) is 13.2 Å². The van der Waals surface area contributed by atoms with E-state index in [2.05, 4.69) is 39.2 Å². The van der Waals surface area contributed by atoms with Crippen LogP contribution in [0.2, 0.25) is 18.1 Å². The Kier molecular flexibility index (Phi) is 6.58. The lowest BCUT2D eigenvalue weighted by atomic mass is 10.2. The normalized spacial score (nSPS) is 20.7. The number of hydrogen-bond acceptors (Lipinski definition) is 4. The molecule has 0 bridgehead atoms. The second-order valence-electron chi connectivity index (χ2n) is 7.30. The van der Waals surface area contributed by atoms with E-state index >= 15 is 0 Å². The molecule has 0 spiro atoms. The molecule has 0 unspecified atom stereocenters. The minimum Gasteiger partial charge on any atom is -0.480 e. The summed E-state index contributed by atoms with van der Waals surface area (Å²) in [4.78, 5) is 23.3. The van der Waals surface area contributed by atoms with Gasteiger partial charge in [0.15, 0.2) is 8.32 Å². The summed E-state index contributed by atoms with van der Waals surface area (Å²) in [7, 11) is -1.90. The summed E-state index contributed by atoms with van der Waals surface area (Å²) < 4.78 is 11.2. The molecular formula is C15H29NO5Si. The summed E-state index contributed by atoms with van der Waals surface area (Å²) >= 11 is 0. The maximum atomic E-state index is 11.9. The first-order valence-corrected chi connectivity index (χ1v) is 10.7. The van der Waals surface area contributed by atoms with Crippen molar-refractivity contribution < 1.29 is 23.9 Å². The van der Waals surface area contributed by atoms with E-state index < -0.39 is 26.4 Å². The van der Waals surface area contributed by atoms with E-state index in [0.717, 1.165) is 6.42 Å². The Balaban J connectivity index is 2.48. The van der Waals surface area contributed by atoms with Crippen LogP contribution in [-0.4, -0.2) is 50.7 Å². The van der Waals surface area contributed by atoms with Crippen molar-refractivity contribution in [2.45, 2.75) is 70.3 Å². The lowest BCUT2D eigenvalue weighted by molar-refractivity contribution is -0.144.